The van der Waals surface area contributed by atoms with Gasteiger partial charge in [0.1, 0.15) is 0 Å². The molecule has 2 aliphatic heterocycles. The van der Waals surface area contributed by atoms with Gasteiger partial charge < -0.3 is 0 Å². The quantitative estimate of drug-likeness (QED) is 0.151. The predicted octanol–water partition coefficient (Wildman–Crippen LogP) is 12.0. The first-order chi connectivity index (χ1) is 27.9. The molecule has 276 valence electrons. The summed E-state index contributed by atoms with van der Waals surface area (Å²) in [6, 6.07) is 39.9. The summed E-state index contributed by atoms with van der Waals surface area (Å²) in [5.74, 6) is 0. The molecule has 4 aliphatic rings. The number of rotatable bonds is 8. The molecule has 0 bridgehead atoms. The fourth-order valence-corrected chi connectivity index (χ4v) is 9.02. The summed E-state index contributed by atoms with van der Waals surface area (Å²) in [6.07, 6.45) is 23.8. The molecule has 0 N–H and O–H groups in total. The first kappa shape index (κ1) is 36.2. The Labute approximate surface area is 340 Å². The van der Waals surface area contributed by atoms with Crippen molar-refractivity contribution in [3.05, 3.63) is 246 Å². The summed E-state index contributed by atoms with van der Waals surface area (Å²) in [5, 5.41) is 0. The van der Waals surface area contributed by atoms with E-state index in [2.05, 4.69) is 198 Å². The monoisotopic (exact) mass is 752 g/mol. The summed E-state index contributed by atoms with van der Waals surface area (Å²) >= 11 is 1.81. The van der Waals surface area contributed by atoms with E-state index >= 15 is 0 Å². The smallest absolute Gasteiger partial charge is 0.0730 e. The van der Waals surface area contributed by atoms with Crippen LogP contribution in [0.2, 0.25) is 0 Å². The largest absolute Gasteiger partial charge is 0.248 e. The Morgan fingerprint density at radius 3 is 1.05 bits per heavy atom. The molecule has 0 saturated heterocycles. The van der Waals surface area contributed by atoms with Crippen LogP contribution in [-0.4, -0.2) is 11.4 Å². The zero-order chi connectivity index (χ0) is 38.9. The van der Waals surface area contributed by atoms with E-state index in [1.54, 1.807) is 0 Å². The summed E-state index contributed by atoms with van der Waals surface area (Å²) < 4.78 is 2.34. The maximum absolute atomic E-state index is 5.44. The number of thiophene rings is 1. The number of aryl methyl sites for hydroxylation is 4. The first-order valence-corrected chi connectivity index (χ1v) is 20.6. The van der Waals surface area contributed by atoms with E-state index in [0.29, 0.717) is 0 Å². The zero-order valence-electron chi connectivity index (χ0n) is 32.9. The lowest BCUT2D eigenvalue weighted by Crippen LogP contribution is -2.12. The molecular formula is C54H44N2S. The Bertz CT molecular complexity index is 2660. The van der Waals surface area contributed by atoms with Crippen LogP contribution in [0.5, 0.6) is 0 Å². The lowest BCUT2D eigenvalue weighted by molar-refractivity contribution is 1.30. The van der Waals surface area contributed by atoms with E-state index in [4.69, 9.17) is 9.98 Å². The van der Waals surface area contributed by atoms with Gasteiger partial charge in [0.25, 0.3) is 0 Å². The van der Waals surface area contributed by atoms with Crippen LogP contribution in [0.3, 0.4) is 0 Å². The van der Waals surface area contributed by atoms with Crippen LogP contribution in [0.4, 0.5) is 0 Å². The van der Waals surface area contributed by atoms with Crippen LogP contribution in [0.15, 0.2) is 202 Å². The second-order valence-corrected chi connectivity index (χ2v) is 16.3. The Kier molecular flexibility index (Phi) is 9.92. The van der Waals surface area contributed by atoms with Gasteiger partial charge in [-0.15, -0.1) is 11.3 Å². The molecule has 0 atom stereocenters. The fraction of sp³-hybridized carbons (Fsp3) is 0.111. The lowest BCUT2D eigenvalue weighted by atomic mass is 9.94. The molecule has 3 heteroatoms. The first-order valence-electron chi connectivity index (χ1n) is 19.8. The lowest BCUT2D eigenvalue weighted by Gasteiger charge is -2.12. The summed E-state index contributed by atoms with van der Waals surface area (Å²) in [7, 11) is 0. The van der Waals surface area contributed by atoms with Crippen molar-refractivity contribution in [2.45, 2.75) is 40.5 Å². The molecule has 2 nitrogen and oxygen atoms in total. The molecule has 0 saturated carbocycles. The molecule has 4 aromatic carbocycles. The van der Waals surface area contributed by atoms with Crippen molar-refractivity contribution in [3.63, 3.8) is 0 Å². The van der Waals surface area contributed by atoms with Gasteiger partial charge in [0.15, 0.2) is 0 Å². The molecule has 0 spiro atoms. The van der Waals surface area contributed by atoms with Gasteiger partial charge in [-0.1, -0.05) is 156 Å². The molecule has 0 fully saturated rings. The van der Waals surface area contributed by atoms with Gasteiger partial charge in [-0.25, -0.2) is 9.98 Å². The third kappa shape index (κ3) is 7.47. The number of allylic oxidation sites excluding steroid dienone is 14. The van der Waals surface area contributed by atoms with Crippen molar-refractivity contribution in [3.8, 4) is 0 Å². The second kappa shape index (κ2) is 15.6. The minimum absolute atomic E-state index is 0.905. The molecule has 0 radical (unpaired) electrons. The van der Waals surface area contributed by atoms with Crippen molar-refractivity contribution >= 4 is 45.1 Å². The van der Waals surface area contributed by atoms with Gasteiger partial charge >= 0.3 is 0 Å². The molecule has 57 heavy (non-hydrogen) atoms. The van der Waals surface area contributed by atoms with Crippen LogP contribution in [0.1, 0.15) is 57.3 Å². The highest BCUT2D eigenvalue weighted by Gasteiger charge is 2.22. The normalized spacial score (nSPS) is 18.5. The highest BCUT2D eigenvalue weighted by Crippen LogP contribution is 2.37. The highest BCUT2D eigenvalue weighted by molar-refractivity contribution is 7.08. The Balaban J connectivity index is 1.25. The van der Waals surface area contributed by atoms with Crippen LogP contribution < -0.4 is 9.06 Å². The maximum atomic E-state index is 5.44. The van der Waals surface area contributed by atoms with Gasteiger partial charge in [0.2, 0.25) is 0 Å². The Morgan fingerprint density at radius 2 is 0.737 bits per heavy atom. The SMILES string of the molecule is Cc1ccc(/C(C2=CC=CC2)=C2/C=CC(C(/c3ccc(C)cc3)=c3/cc/c(=C(C4=N/C(=C(/C5=CC=CC5)c5ccc(C)cc5)C=C4)\c4ccc(C)cc4)s3)=N2)cc1. The van der Waals surface area contributed by atoms with Crippen LogP contribution in [0.25, 0.3) is 22.3 Å². The van der Waals surface area contributed by atoms with Crippen LogP contribution in [-0.2, 0) is 0 Å². The predicted molar refractivity (Wildman–Crippen MR) is 244 cm³/mol. The van der Waals surface area contributed by atoms with Gasteiger partial charge in [0.05, 0.1) is 22.8 Å². The van der Waals surface area contributed by atoms with Crippen molar-refractivity contribution in [2.24, 2.45) is 9.98 Å². The molecule has 0 unspecified atom stereocenters. The molecule has 2 aliphatic carbocycles. The summed E-state index contributed by atoms with van der Waals surface area (Å²) in [6.45, 7) is 8.56. The number of benzene rings is 4. The van der Waals surface area contributed by atoms with Crippen molar-refractivity contribution in [1.82, 2.24) is 0 Å². The third-order valence-corrected chi connectivity index (χ3v) is 12.1. The minimum atomic E-state index is 0.905. The van der Waals surface area contributed by atoms with Crippen molar-refractivity contribution in [1.29, 1.82) is 0 Å². The van der Waals surface area contributed by atoms with Gasteiger partial charge in [-0.2, -0.15) is 0 Å². The maximum Gasteiger partial charge on any atom is 0.0730 e. The Hall–Kier alpha value is -6.42. The third-order valence-electron chi connectivity index (χ3n) is 10.9. The van der Waals surface area contributed by atoms with Crippen molar-refractivity contribution < 1.29 is 0 Å². The van der Waals surface area contributed by atoms with E-state index in [1.807, 2.05) is 11.3 Å². The van der Waals surface area contributed by atoms with Crippen LogP contribution in [0, 0.1) is 27.7 Å². The van der Waals surface area contributed by atoms with Crippen molar-refractivity contribution in [2.75, 3.05) is 0 Å². The molecule has 3 heterocycles. The molecule has 9 rings (SSSR count). The number of aliphatic imine (C=N–C) groups is 2. The van der Waals surface area contributed by atoms with E-state index < -0.39 is 0 Å². The standard InChI is InChI=1S/C54H44N2S/c1-35-13-21-41(22-14-35)51(39-9-5-6-10-39)45-29-31-47(55-45)53(43-25-17-37(3)18-26-43)49-33-34-50(57-49)54(44-27-19-38(4)20-28-44)48-32-30-46(56-48)52(40-11-7-8-12-40)42-23-15-36(2)16-24-42/h5-9,11,13-34H,10,12H2,1-4H3/b51-45-,52-46-,53-49-,54-50-. The topological polar surface area (TPSA) is 24.7 Å². The molecular weight excluding hydrogens is 709 g/mol. The zero-order valence-corrected chi connectivity index (χ0v) is 33.7. The van der Waals surface area contributed by atoms with Gasteiger partial charge in [0, 0.05) is 31.4 Å². The van der Waals surface area contributed by atoms with E-state index in [9.17, 15) is 0 Å². The van der Waals surface area contributed by atoms with Crippen LogP contribution >= 0.6 is 11.3 Å². The molecule has 5 aromatic rings. The number of hydrogen-bond acceptors (Lipinski definition) is 3. The molecule has 0 amide bonds. The second-order valence-electron chi connectivity index (χ2n) is 15.2. The highest BCUT2D eigenvalue weighted by atomic mass is 32.1. The number of nitrogens with zero attached hydrogens (tertiary/aromatic N) is 2. The minimum Gasteiger partial charge on any atom is -0.248 e. The summed E-state index contributed by atoms with van der Waals surface area (Å²) in [4.78, 5) is 10.9. The Morgan fingerprint density at radius 1 is 0.404 bits per heavy atom. The molecule has 1 aromatic heterocycles. The number of hydrogen-bond donors (Lipinski definition) is 0. The average Bonchev–Trinajstić information content (AvgIpc) is 4.08. The van der Waals surface area contributed by atoms with E-state index in [0.717, 1.165) is 57.9 Å². The summed E-state index contributed by atoms with van der Waals surface area (Å²) in [5.41, 5.74) is 20.8. The van der Waals surface area contributed by atoms with E-state index in [-0.39, 0.29) is 0 Å². The fourth-order valence-electron chi connectivity index (χ4n) is 7.86. The van der Waals surface area contributed by atoms with E-state index in [1.165, 1.54) is 64.7 Å². The van der Waals surface area contributed by atoms with Gasteiger partial charge in [-0.05, 0) is 110 Å². The average molecular weight is 753 g/mol. The van der Waals surface area contributed by atoms with Gasteiger partial charge in [-0.3, -0.25) is 0 Å².